The van der Waals surface area contributed by atoms with Gasteiger partial charge in [-0.1, -0.05) is 11.6 Å². The van der Waals surface area contributed by atoms with E-state index in [9.17, 15) is 27.2 Å². The molecule has 0 spiro atoms. The number of aromatic nitrogens is 1. The molecule has 0 aliphatic heterocycles. The first-order valence-electron chi connectivity index (χ1n) is 6.20. The molecule has 1 unspecified atom stereocenters. The van der Waals surface area contributed by atoms with Gasteiger partial charge in [-0.25, -0.2) is 14.2 Å². The molecule has 0 aromatic carbocycles. The van der Waals surface area contributed by atoms with Gasteiger partial charge in [0, 0.05) is 19.2 Å². The Morgan fingerprint density at radius 1 is 1.39 bits per heavy atom. The number of pyridine rings is 1. The van der Waals surface area contributed by atoms with Gasteiger partial charge in [0.25, 0.3) is 0 Å². The molecule has 0 bridgehead atoms. The fourth-order valence-electron chi connectivity index (χ4n) is 1.45. The number of rotatable bonds is 7. The first kappa shape index (κ1) is 18.9. The first-order chi connectivity index (χ1) is 10.6. The van der Waals surface area contributed by atoms with Gasteiger partial charge >= 0.3 is 12.1 Å². The molecular weight excluding hydrogens is 346 g/mol. The summed E-state index contributed by atoms with van der Waals surface area (Å²) >= 11 is 5.65. The molecule has 0 saturated carbocycles. The van der Waals surface area contributed by atoms with Crippen molar-refractivity contribution in [2.45, 2.75) is 18.6 Å². The number of alkyl halides is 4. The van der Waals surface area contributed by atoms with Gasteiger partial charge < -0.3 is 15.7 Å². The number of nitrogens with zero attached hydrogens (tertiary/aromatic N) is 1. The van der Waals surface area contributed by atoms with Crippen molar-refractivity contribution in [1.82, 2.24) is 10.3 Å². The Labute approximate surface area is 132 Å². The topological polar surface area (TPSA) is 91.3 Å². The summed E-state index contributed by atoms with van der Waals surface area (Å²) in [6.07, 6.45) is -4.24. The van der Waals surface area contributed by atoms with Gasteiger partial charge in [0.2, 0.25) is 5.91 Å². The van der Waals surface area contributed by atoms with E-state index in [2.05, 4.69) is 10.3 Å². The predicted molar refractivity (Wildman–Crippen MR) is 72.9 cm³/mol. The van der Waals surface area contributed by atoms with Crippen molar-refractivity contribution < 1.29 is 32.3 Å². The summed E-state index contributed by atoms with van der Waals surface area (Å²) < 4.78 is 49.6. The lowest BCUT2D eigenvalue weighted by molar-refractivity contribution is -0.142. The zero-order chi connectivity index (χ0) is 17.6. The number of carbonyl (C=O) groups is 2. The van der Waals surface area contributed by atoms with Crippen LogP contribution in [0.15, 0.2) is 12.3 Å². The van der Waals surface area contributed by atoms with Crippen LogP contribution < -0.4 is 10.6 Å². The van der Waals surface area contributed by atoms with E-state index in [1.807, 2.05) is 5.32 Å². The molecule has 1 amide bonds. The number of halogens is 5. The molecular formula is C12H12ClF4N3O3. The second-order valence-corrected chi connectivity index (χ2v) is 4.75. The van der Waals surface area contributed by atoms with Crippen molar-refractivity contribution in [1.29, 1.82) is 0 Å². The number of carbonyl (C=O) groups excluding carboxylic acids is 1. The number of carboxylic acids is 1. The Bertz CT molecular complexity index is 583. The number of amides is 1. The normalized spacial score (nSPS) is 12.6. The first-order valence-corrected chi connectivity index (χ1v) is 6.57. The molecule has 128 valence electrons. The van der Waals surface area contributed by atoms with Crippen molar-refractivity contribution in [3.05, 3.63) is 22.8 Å². The van der Waals surface area contributed by atoms with Crippen molar-refractivity contribution in [2.24, 2.45) is 0 Å². The van der Waals surface area contributed by atoms with Crippen molar-refractivity contribution in [3.8, 4) is 0 Å². The van der Waals surface area contributed by atoms with E-state index in [1.165, 1.54) is 0 Å². The van der Waals surface area contributed by atoms with Gasteiger partial charge in [-0.15, -0.1) is 0 Å². The third-order valence-corrected chi connectivity index (χ3v) is 2.89. The molecule has 1 rings (SSSR count). The maximum atomic E-state index is 12.4. The molecule has 1 heterocycles. The highest BCUT2D eigenvalue weighted by atomic mass is 35.5. The van der Waals surface area contributed by atoms with Crippen LogP contribution >= 0.6 is 11.6 Å². The number of carboxylic acid groups (broad SMARTS) is 1. The fourth-order valence-corrected chi connectivity index (χ4v) is 1.68. The van der Waals surface area contributed by atoms with E-state index in [0.717, 1.165) is 0 Å². The minimum atomic E-state index is -4.58. The average molecular weight is 358 g/mol. The predicted octanol–water partition coefficient (Wildman–Crippen LogP) is 2.09. The molecule has 6 nitrogen and oxygen atoms in total. The van der Waals surface area contributed by atoms with Gasteiger partial charge in [0.05, 0.1) is 10.6 Å². The van der Waals surface area contributed by atoms with Crippen LogP contribution in [0, 0.1) is 0 Å². The van der Waals surface area contributed by atoms with Gasteiger partial charge in [-0.2, -0.15) is 13.2 Å². The van der Waals surface area contributed by atoms with Crippen LogP contribution in [-0.2, 0) is 15.8 Å². The van der Waals surface area contributed by atoms with Crippen molar-refractivity contribution in [2.75, 3.05) is 18.5 Å². The summed E-state index contributed by atoms with van der Waals surface area (Å²) in [6, 6.07) is -0.962. The molecule has 0 radical (unpaired) electrons. The van der Waals surface area contributed by atoms with E-state index < -0.39 is 36.3 Å². The van der Waals surface area contributed by atoms with Crippen LogP contribution in [-0.4, -0.2) is 41.2 Å². The summed E-state index contributed by atoms with van der Waals surface area (Å²) in [5.41, 5.74) is -1.02. The van der Waals surface area contributed by atoms with E-state index >= 15 is 0 Å². The van der Waals surface area contributed by atoms with Gasteiger partial charge in [0.15, 0.2) is 6.04 Å². The molecule has 1 atom stereocenters. The number of aliphatic carboxylic acids is 1. The second kappa shape index (κ2) is 7.95. The van der Waals surface area contributed by atoms with Crippen LogP contribution in [0.4, 0.5) is 23.4 Å². The van der Waals surface area contributed by atoms with Crippen LogP contribution in [0.5, 0.6) is 0 Å². The second-order valence-electron chi connectivity index (χ2n) is 4.34. The van der Waals surface area contributed by atoms with Crippen molar-refractivity contribution in [3.63, 3.8) is 0 Å². The average Bonchev–Trinajstić information content (AvgIpc) is 2.45. The number of anilines is 1. The van der Waals surface area contributed by atoms with Gasteiger partial charge in [-0.3, -0.25) is 4.79 Å². The van der Waals surface area contributed by atoms with E-state index in [0.29, 0.717) is 12.3 Å². The molecule has 11 heteroatoms. The Morgan fingerprint density at radius 2 is 2.04 bits per heavy atom. The Morgan fingerprint density at radius 3 is 2.52 bits per heavy atom. The van der Waals surface area contributed by atoms with E-state index in [-0.39, 0.29) is 23.8 Å². The standard InChI is InChI=1S/C12H12ClF4N3O3/c13-7-3-6(12(15,16)17)5-19-10(7)18-2-1-9(21)20-8(4-14)11(22)23/h3,5,8H,1-2,4H2,(H,18,19)(H,20,21)(H,22,23). The molecule has 1 aromatic heterocycles. The molecule has 0 aliphatic rings. The summed E-state index contributed by atoms with van der Waals surface area (Å²) in [7, 11) is 0. The molecule has 3 N–H and O–H groups in total. The highest BCUT2D eigenvalue weighted by molar-refractivity contribution is 6.32. The Balaban J connectivity index is 2.53. The van der Waals surface area contributed by atoms with Crippen LogP contribution in [0.2, 0.25) is 5.02 Å². The van der Waals surface area contributed by atoms with Crippen LogP contribution in [0.25, 0.3) is 0 Å². The van der Waals surface area contributed by atoms with E-state index in [4.69, 9.17) is 16.7 Å². The monoisotopic (exact) mass is 357 g/mol. The van der Waals surface area contributed by atoms with Gasteiger partial charge in [0.1, 0.15) is 12.5 Å². The minimum absolute atomic E-state index is 0.0623. The maximum Gasteiger partial charge on any atom is 0.417 e. The summed E-state index contributed by atoms with van der Waals surface area (Å²) in [4.78, 5) is 25.4. The Hall–Kier alpha value is -2.10. The number of hydrogen-bond donors (Lipinski definition) is 3. The maximum absolute atomic E-state index is 12.4. The molecule has 1 aromatic rings. The minimum Gasteiger partial charge on any atom is -0.480 e. The largest absolute Gasteiger partial charge is 0.480 e. The molecule has 0 saturated heterocycles. The molecule has 0 fully saturated rings. The smallest absolute Gasteiger partial charge is 0.417 e. The third kappa shape index (κ3) is 5.89. The highest BCUT2D eigenvalue weighted by Gasteiger charge is 2.31. The molecule has 0 aliphatic carbocycles. The van der Waals surface area contributed by atoms with Gasteiger partial charge in [-0.05, 0) is 6.07 Å². The summed E-state index contributed by atoms with van der Waals surface area (Å²) in [5, 5.41) is 12.8. The zero-order valence-electron chi connectivity index (χ0n) is 11.5. The quantitative estimate of drug-likeness (QED) is 0.650. The van der Waals surface area contributed by atoms with Crippen LogP contribution in [0.3, 0.4) is 0 Å². The van der Waals surface area contributed by atoms with Crippen LogP contribution in [0.1, 0.15) is 12.0 Å². The zero-order valence-corrected chi connectivity index (χ0v) is 12.2. The Kier molecular flexibility index (Phi) is 6.55. The van der Waals surface area contributed by atoms with Crippen molar-refractivity contribution >= 4 is 29.3 Å². The fraction of sp³-hybridized carbons (Fsp3) is 0.417. The molecule has 23 heavy (non-hydrogen) atoms. The lowest BCUT2D eigenvalue weighted by atomic mass is 10.2. The third-order valence-electron chi connectivity index (χ3n) is 2.60. The highest BCUT2D eigenvalue weighted by Crippen LogP contribution is 2.32. The van der Waals surface area contributed by atoms with E-state index in [1.54, 1.807) is 0 Å². The lowest BCUT2D eigenvalue weighted by Crippen LogP contribution is -2.42. The number of hydrogen-bond acceptors (Lipinski definition) is 4. The number of nitrogens with one attached hydrogen (secondary N) is 2. The summed E-state index contributed by atoms with van der Waals surface area (Å²) in [5.74, 6) is -2.32. The lowest BCUT2D eigenvalue weighted by Gasteiger charge is -2.12. The summed E-state index contributed by atoms with van der Waals surface area (Å²) in [6.45, 7) is -1.34. The SMILES string of the molecule is O=C(CCNc1ncc(C(F)(F)F)cc1Cl)NC(CF)C(=O)O.